The fourth-order valence-corrected chi connectivity index (χ4v) is 1.64. The number of para-hydroxylation sites is 1. The highest BCUT2D eigenvalue weighted by Gasteiger charge is 2.19. The molecular formula is C11H6ClN3O4. The van der Waals surface area contributed by atoms with Gasteiger partial charge < -0.3 is 5.11 Å². The van der Waals surface area contributed by atoms with Crippen LogP contribution in [0.2, 0.25) is 5.02 Å². The summed E-state index contributed by atoms with van der Waals surface area (Å²) in [5.74, 6) is -1.39. The Labute approximate surface area is 111 Å². The molecule has 1 aromatic heterocycles. The smallest absolute Gasteiger partial charge is 0.356 e. The minimum absolute atomic E-state index is 0.0610. The maximum absolute atomic E-state index is 10.9. The van der Waals surface area contributed by atoms with Gasteiger partial charge in [-0.3, -0.25) is 10.1 Å². The summed E-state index contributed by atoms with van der Waals surface area (Å²) in [6.07, 6.45) is 1.10. The molecule has 1 aromatic carbocycles. The van der Waals surface area contributed by atoms with Gasteiger partial charge >= 0.3 is 5.97 Å². The van der Waals surface area contributed by atoms with Crippen LogP contribution in [-0.2, 0) is 0 Å². The van der Waals surface area contributed by atoms with Gasteiger partial charge in [0, 0.05) is 6.07 Å². The molecular weight excluding hydrogens is 274 g/mol. The first-order chi connectivity index (χ1) is 9.00. The second-order valence-electron chi connectivity index (χ2n) is 3.47. The molecule has 0 fully saturated rings. The monoisotopic (exact) mass is 279 g/mol. The van der Waals surface area contributed by atoms with E-state index in [2.05, 4.69) is 9.97 Å². The van der Waals surface area contributed by atoms with Crippen LogP contribution in [0.1, 0.15) is 10.5 Å². The summed E-state index contributed by atoms with van der Waals surface area (Å²) in [5.41, 5.74) is -0.474. The number of carboxylic acid groups (broad SMARTS) is 1. The van der Waals surface area contributed by atoms with E-state index in [0.717, 1.165) is 6.20 Å². The number of hydrogen-bond donors (Lipinski definition) is 1. The third-order valence-corrected chi connectivity index (χ3v) is 2.56. The summed E-state index contributed by atoms with van der Waals surface area (Å²) in [5, 5.41) is 19.7. The molecule has 0 aliphatic carbocycles. The SMILES string of the molecule is O=C(O)c1nc(-c2ccccc2[N+](=O)[O-])ncc1Cl. The molecule has 0 spiro atoms. The minimum Gasteiger partial charge on any atom is -0.476 e. The second-order valence-corrected chi connectivity index (χ2v) is 3.88. The number of aromatic carboxylic acids is 1. The zero-order valence-corrected chi connectivity index (χ0v) is 10.0. The van der Waals surface area contributed by atoms with Crippen LogP contribution in [0.5, 0.6) is 0 Å². The van der Waals surface area contributed by atoms with Crippen LogP contribution in [0.15, 0.2) is 30.5 Å². The van der Waals surface area contributed by atoms with Gasteiger partial charge in [0.15, 0.2) is 11.5 Å². The Balaban J connectivity index is 2.63. The van der Waals surface area contributed by atoms with Crippen molar-refractivity contribution >= 4 is 23.3 Å². The fourth-order valence-electron chi connectivity index (χ4n) is 1.47. The molecule has 8 heteroatoms. The first kappa shape index (κ1) is 12.9. The van der Waals surface area contributed by atoms with Crippen molar-refractivity contribution in [1.29, 1.82) is 0 Å². The Kier molecular flexibility index (Phi) is 3.39. The molecule has 0 saturated carbocycles. The van der Waals surface area contributed by atoms with E-state index in [1.54, 1.807) is 6.07 Å². The van der Waals surface area contributed by atoms with E-state index in [4.69, 9.17) is 16.7 Å². The van der Waals surface area contributed by atoms with Gasteiger partial charge in [-0.15, -0.1) is 0 Å². The Morgan fingerprint density at radius 3 is 2.68 bits per heavy atom. The number of hydrogen-bond acceptors (Lipinski definition) is 5. The van der Waals surface area contributed by atoms with Crippen LogP contribution in [0, 0.1) is 10.1 Å². The molecule has 1 N–H and O–H groups in total. The lowest BCUT2D eigenvalue weighted by molar-refractivity contribution is -0.384. The highest BCUT2D eigenvalue weighted by atomic mass is 35.5. The summed E-state index contributed by atoms with van der Waals surface area (Å²) in [6.45, 7) is 0. The van der Waals surface area contributed by atoms with Gasteiger partial charge in [0.05, 0.1) is 21.7 Å². The standard InChI is InChI=1S/C11H6ClN3O4/c12-7-5-13-10(14-9(7)11(16)17)6-3-1-2-4-8(6)15(18)19/h1-5H,(H,16,17). The lowest BCUT2D eigenvalue weighted by atomic mass is 10.1. The number of carbonyl (C=O) groups is 1. The van der Waals surface area contributed by atoms with E-state index in [-0.39, 0.29) is 22.1 Å². The van der Waals surface area contributed by atoms with Gasteiger partial charge in [-0.25, -0.2) is 14.8 Å². The van der Waals surface area contributed by atoms with Gasteiger partial charge in [-0.1, -0.05) is 23.7 Å². The average Bonchev–Trinajstić information content (AvgIpc) is 2.39. The Morgan fingerprint density at radius 2 is 2.05 bits per heavy atom. The highest BCUT2D eigenvalue weighted by molar-refractivity contribution is 6.33. The van der Waals surface area contributed by atoms with E-state index in [0.29, 0.717) is 0 Å². The van der Waals surface area contributed by atoms with Crippen LogP contribution in [0.3, 0.4) is 0 Å². The van der Waals surface area contributed by atoms with E-state index in [1.807, 2.05) is 0 Å². The molecule has 0 amide bonds. The predicted molar refractivity (Wildman–Crippen MR) is 66.1 cm³/mol. The number of nitro benzene ring substituents is 1. The molecule has 2 aromatic rings. The Morgan fingerprint density at radius 1 is 1.37 bits per heavy atom. The molecule has 2 rings (SSSR count). The molecule has 1 heterocycles. The molecule has 7 nitrogen and oxygen atoms in total. The van der Waals surface area contributed by atoms with E-state index >= 15 is 0 Å². The van der Waals surface area contributed by atoms with Crippen LogP contribution in [0.4, 0.5) is 5.69 Å². The Bertz CT molecular complexity index is 675. The number of carboxylic acids is 1. The van der Waals surface area contributed by atoms with Gasteiger partial charge in [-0.05, 0) is 6.07 Å². The minimum atomic E-state index is -1.33. The summed E-state index contributed by atoms with van der Waals surface area (Å²) in [6, 6.07) is 5.79. The molecule has 19 heavy (non-hydrogen) atoms. The van der Waals surface area contributed by atoms with Gasteiger partial charge in [-0.2, -0.15) is 0 Å². The van der Waals surface area contributed by atoms with Crippen molar-refractivity contribution in [2.24, 2.45) is 0 Å². The maximum Gasteiger partial charge on any atom is 0.356 e. The van der Waals surface area contributed by atoms with Crippen molar-refractivity contribution in [3.63, 3.8) is 0 Å². The number of nitro groups is 1. The van der Waals surface area contributed by atoms with Crippen molar-refractivity contribution in [2.75, 3.05) is 0 Å². The quantitative estimate of drug-likeness (QED) is 0.683. The maximum atomic E-state index is 10.9. The number of nitrogens with zero attached hydrogens (tertiary/aromatic N) is 3. The van der Waals surface area contributed by atoms with Crippen LogP contribution in [0.25, 0.3) is 11.4 Å². The summed E-state index contributed by atoms with van der Waals surface area (Å²) < 4.78 is 0. The number of aromatic nitrogens is 2. The van der Waals surface area contributed by atoms with Gasteiger partial charge in [0.2, 0.25) is 0 Å². The third-order valence-electron chi connectivity index (χ3n) is 2.29. The lowest BCUT2D eigenvalue weighted by Gasteiger charge is -2.03. The van der Waals surface area contributed by atoms with Crippen LogP contribution < -0.4 is 0 Å². The zero-order valence-electron chi connectivity index (χ0n) is 9.28. The van der Waals surface area contributed by atoms with Crippen molar-refractivity contribution in [2.45, 2.75) is 0 Å². The molecule has 0 aliphatic heterocycles. The largest absolute Gasteiger partial charge is 0.476 e. The number of benzene rings is 1. The molecule has 0 unspecified atom stereocenters. The summed E-state index contributed by atoms with van der Waals surface area (Å²) in [7, 11) is 0. The van der Waals surface area contributed by atoms with Gasteiger partial charge in [0.1, 0.15) is 0 Å². The first-order valence-corrected chi connectivity index (χ1v) is 5.38. The molecule has 0 radical (unpaired) electrons. The van der Waals surface area contributed by atoms with E-state index < -0.39 is 16.6 Å². The molecule has 0 saturated heterocycles. The van der Waals surface area contributed by atoms with Crippen molar-refractivity contribution in [1.82, 2.24) is 9.97 Å². The van der Waals surface area contributed by atoms with E-state index in [1.165, 1.54) is 18.2 Å². The topological polar surface area (TPSA) is 106 Å². The molecule has 96 valence electrons. The summed E-state index contributed by atoms with van der Waals surface area (Å²) in [4.78, 5) is 28.8. The molecule has 0 bridgehead atoms. The van der Waals surface area contributed by atoms with Gasteiger partial charge in [0.25, 0.3) is 5.69 Å². The normalized spacial score (nSPS) is 10.2. The molecule has 0 atom stereocenters. The van der Waals surface area contributed by atoms with Crippen LogP contribution in [-0.4, -0.2) is 26.0 Å². The number of halogens is 1. The number of rotatable bonds is 3. The predicted octanol–water partition coefficient (Wildman–Crippen LogP) is 2.40. The van der Waals surface area contributed by atoms with Crippen molar-refractivity contribution < 1.29 is 14.8 Å². The fraction of sp³-hybridized carbons (Fsp3) is 0. The highest BCUT2D eigenvalue weighted by Crippen LogP contribution is 2.27. The first-order valence-electron chi connectivity index (χ1n) is 5.00. The average molecular weight is 280 g/mol. The second kappa shape index (κ2) is 4.99. The summed E-state index contributed by atoms with van der Waals surface area (Å²) >= 11 is 5.64. The van der Waals surface area contributed by atoms with Crippen molar-refractivity contribution in [3.05, 3.63) is 51.3 Å². The molecule has 0 aliphatic rings. The lowest BCUT2D eigenvalue weighted by Crippen LogP contribution is -2.04. The van der Waals surface area contributed by atoms with E-state index in [9.17, 15) is 14.9 Å². The third kappa shape index (κ3) is 2.50. The van der Waals surface area contributed by atoms with Crippen LogP contribution >= 0.6 is 11.6 Å². The van der Waals surface area contributed by atoms with Crippen molar-refractivity contribution in [3.8, 4) is 11.4 Å². The Hall–Kier alpha value is -2.54. The zero-order chi connectivity index (χ0) is 14.0.